The summed E-state index contributed by atoms with van der Waals surface area (Å²) < 4.78 is 25.3. The standard InChI is InChI=1S/C9H20N2O2S.ClH/c1-8(2)14(12,13)11-6-4-5-9(7-11)10-3;/h8-10H,4-7H2,1-3H3;1H/t9-;/m1./s1. The number of rotatable bonds is 3. The Hall–Kier alpha value is 0.160. The summed E-state index contributed by atoms with van der Waals surface area (Å²) in [5, 5.41) is 2.83. The van der Waals surface area contributed by atoms with E-state index >= 15 is 0 Å². The number of likely N-dealkylation sites (N-methyl/N-ethyl adjacent to an activating group) is 1. The monoisotopic (exact) mass is 256 g/mol. The summed E-state index contributed by atoms with van der Waals surface area (Å²) in [7, 11) is -1.16. The average molecular weight is 257 g/mol. The van der Waals surface area contributed by atoms with Crippen molar-refractivity contribution >= 4 is 22.4 Å². The minimum absolute atomic E-state index is 0. The lowest BCUT2D eigenvalue weighted by molar-refractivity contribution is 0.291. The van der Waals surface area contributed by atoms with Crippen LogP contribution in [0.25, 0.3) is 0 Å². The van der Waals surface area contributed by atoms with Gasteiger partial charge in [-0.2, -0.15) is 0 Å². The van der Waals surface area contributed by atoms with Gasteiger partial charge >= 0.3 is 0 Å². The van der Waals surface area contributed by atoms with E-state index in [4.69, 9.17) is 0 Å². The predicted octanol–water partition coefficient (Wildman–Crippen LogP) is 0.830. The minimum Gasteiger partial charge on any atom is -0.316 e. The van der Waals surface area contributed by atoms with Crippen LogP contribution in [0, 0.1) is 0 Å². The maximum atomic E-state index is 11.8. The maximum absolute atomic E-state index is 11.8. The highest BCUT2D eigenvalue weighted by Gasteiger charge is 2.30. The fourth-order valence-corrected chi connectivity index (χ4v) is 3.07. The molecule has 1 aliphatic rings. The van der Waals surface area contributed by atoms with Crippen LogP contribution in [0.5, 0.6) is 0 Å². The van der Waals surface area contributed by atoms with Crippen LogP contribution in [0.1, 0.15) is 26.7 Å². The van der Waals surface area contributed by atoms with Crippen molar-refractivity contribution in [3.8, 4) is 0 Å². The first kappa shape index (κ1) is 15.2. The molecule has 1 aliphatic heterocycles. The molecule has 1 atom stereocenters. The third-order valence-corrected chi connectivity index (χ3v) is 4.99. The molecule has 15 heavy (non-hydrogen) atoms. The Morgan fingerprint density at radius 1 is 1.40 bits per heavy atom. The van der Waals surface area contributed by atoms with Crippen molar-refractivity contribution < 1.29 is 8.42 Å². The Morgan fingerprint density at radius 2 is 2.00 bits per heavy atom. The van der Waals surface area contributed by atoms with Crippen LogP contribution in [-0.2, 0) is 10.0 Å². The van der Waals surface area contributed by atoms with Gasteiger partial charge in [-0.15, -0.1) is 12.4 Å². The Bertz CT molecular complexity index is 280. The lowest BCUT2D eigenvalue weighted by Gasteiger charge is -2.32. The Balaban J connectivity index is 0.00000196. The molecule has 0 aromatic heterocycles. The van der Waals surface area contributed by atoms with Crippen molar-refractivity contribution in [3.63, 3.8) is 0 Å². The SMILES string of the molecule is CN[C@@H]1CCCN(S(=O)(=O)C(C)C)C1.Cl. The molecule has 0 unspecified atom stereocenters. The van der Waals surface area contributed by atoms with E-state index in [1.807, 2.05) is 7.05 Å². The van der Waals surface area contributed by atoms with Crippen LogP contribution in [0.2, 0.25) is 0 Å². The lowest BCUT2D eigenvalue weighted by atomic mass is 10.1. The number of hydrogen-bond acceptors (Lipinski definition) is 3. The van der Waals surface area contributed by atoms with Crippen LogP contribution in [0.15, 0.2) is 0 Å². The largest absolute Gasteiger partial charge is 0.316 e. The third kappa shape index (κ3) is 3.59. The smallest absolute Gasteiger partial charge is 0.216 e. The molecule has 0 aromatic rings. The normalized spacial score (nSPS) is 23.9. The molecule has 0 aliphatic carbocycles. The molecule has 0 bridgehead atoms. The fraction of sp³-hybridized carbons (Fsp3) is 1.00. The zero-order valence-corrected chi connectivity index (χ0v) is 11.2. The topological polar surface area (TPSA) is 49.4 Å². The second-order valence-electron chi connectivity index (χ2n) is 4.08. The molecule has 1 heterocycles. The van der Waals surface area contributed by atoms with Crippen LogP contribution in [0.4, 0.5) is 0 Å². The Kier molecular flexibility index (Phi) is 6.10. The molecule has 0 radical (unpaired) electrons. The van der Waals surface area contributed by atoms with Gasteiger partial charge in [0.25, 0.3) is 0 Å². The molecule has 1 rings (SSSR count). The fourth-order valence-electron chi connectivity index (χ4n) is 1.71. The van der Waals surface area contributed by atoms with Crippen molar-refractivity contribution in [1.82, 2.24) is 9.62 Å². The van der Waals surface area contributed by atoms with Gasteiger partial charge in [-0.05, 0) is 33.7 Å². The summed E-state index contributed by atoms with van der Waals surface area (Å²) in [6.07, 6.45) is 2.03. The number of sulfonamides is 1. The third-order valence-electron chi connectivity index (χ3n) is 2.75. The molecule has 4 nitrogen and oxygen atoms in total. The average Bonchev–Trinajstić information content (AvgIpc) is 2.17. The summed E-state index contributed by atoms with van der Waals surface area (Å²) in [4.78, 5) is 0. The summed E-state index contributed by atoms with van der Waals surface area (Å²) >= 11 is 0. The van der Waals surface area contributed by atoms with Gasteiger partial charge in [-0.25, -0.2) is 12.7 Å². The quantitative estimate of drug-likeness (QED) is 0.814. The lowest BCUT2D eigenvalue weighted by Crippen LogP contribution is -2.48. The van der Waals surface area contributed by atoms with E-state index in [-0.39, 0.29) is 17.7 Å². The number of hydrogen-bond donors (Lipinski definition) is 1. The summed E-state index contributed by atoms with van der Waals surface area (Å²) in [6.45, 7) is 4.77. The van der Waals surface area contributed by atoms with E-state index < -0.39 is 10.0 Å². The van der Waals surface area contributed by atoms with E-state index in [0.29, 0.717) is 19.1 Å². The van der Waals surface area contributed by atoms with Crippen molar-refractivity contribution in [2.24, 2.45) is 0 Å². The predicted molar refractivity (Wildman–Crippen MR) is 65.0 cm³/mol. The van der Waals surface area contributed by atoms with E-state index in [2.05, 4.69) is 5.32 Å². The summed E-state index contributed by atoms with van der Waals surface area (Å²) in [5.74, 6) is 0. The van der Waals surface area contributed by atoms with Gasteiger partial charge in [0.15, 0.2) is 0 Å². The highest BCUT2D eigenvalue weighted by molar-refractivity contribution is 7.89. The van der Waals surface area contributed by atoms with Gasteiger partial charge in [-0.1, -0.05) is 0 Å². The highest BCUT2D eigenvalue weighted by Crippen LogP contribution is 2.16. The highest BCUT2D eigenvalue weighted by atomic mass is 35.5. The summed E-state index contributed by atoms with van der Waals surface area (Å²) in [5.41, 5.74) is 0. The number of nitrogens with one attached hydrogen (secondary N) is 1. The molecular formula is C9H21ClN2O2S. The molecule has 1 fully saturated rings. The molecule has 0 saturated carbocycles. The van der Waals surface area contributed by atoms with Gasteiger partial charge in [0.05, 0.1) is 5.25 Å². The van der Waals surface area contributed by atoms with Gasteiger partial charge in [0.2, 0.25) is 10.0 Å². The van der Waals surface area contributed by atoms with Crippen LogP contribution in [-0.4, -0.2) is 44.2 Å². The molecule has 0 amide bonds. The zero-order chi connectivity index (χ0) is 10.8. The molecule has 1 N–H and O–H groups in total. The first-order chi connectivity index (χ1) is 6.48. The van der Waals surface area contributed by atoms with Crippen LogP contribution < -0.4 is 5.32 Å². The maximum Gasteiger partial charge on any atom is 0.216 e. The molecule has 1 saturated heterocycles. The molecule has 0 aromatic carbocycles. The van der Waals surface area contributed by atoms with Crippen molar-refractivity contribution in [3.05, 3.63) is 0 Å². The second kappa shape index (κ2) is 6.03. The summed E-state index contributed by atoms with van der Waals surface area (Å²) in [6, 6.07) is 0.317. The van der Waals surface area contributed by atoms with E-state index in [9.17, 15) is 8.42 Å². The minimum atomic E-state index is -3.05. The number of halogens is 1. The van der Waals surface area contributed by atoms with Crippen molar-refractivity contribution in [2.75, 3.05) is 20.1 Å². The van der Waals surface area contributed by atoms with Gasteiger partial charge in [0.1, 0.15) is 0 Å². The van der Waals surface area contributed by atoms with Gasteiger partial charge < -0.3 is 5.32 Å². The van der Waals surface area contributed by atoms with E-state index in [1.54, 1.807) is 18.2 Å². The first-order valence-electron chi connectivity index (χ1n) is 5.14. The van der Waals surface area contributed by atoms with Crippen molar-refractivity contribution in [2.45, 2.75) is 38.0 Å². The number of nitrogens with zero attached hydrogens (tertiary/aromatic N) is 1. The molecule has 92 valence electrons. The second-order valence-corrected chi connectivity index (χ2v) is 6.57. The zero-order valence-electron chi connectivity index (χ0n) is 9.56. The van der Waals surface area contributed by atoms with E-state index in [0.717, 1.165) is 12.8 Å². The molecule has 0 spiro atoms. The van der Waals surface area contributed by atoms with Crippen molar-refractivity contribution in [1.29, 1.82) is 0 Å². The molecule has 6 heteroatoms. The Labute approximate surface area is 98.9 Å². The molecular weight excluding hydrogens is 236 g/mol. The van der Waals surface area contributed by atoms with Crippen LogP contribution in [0.3, 0.4) is 0 Å². The van der Waals surface area contributed by atoms with Gasteiger partial charge in [0, 0.05) is 19.1 Å². The van der Waals surface area contributed by atoms with E-state index in [1.165, 1.54) is 0 Å². The number of piperidine rings is 1. The Morgan fingerprint density at radius 3 is 2.47 bits per heavy atom. The first-order valence-corrected chi connectivity index (χ1v) is 6.65. The van der Waals surface area contributed by atoms with Gasteiger partial charge in [-0.3, -0.25) is 0 Å². The van der Waals surface area contributed by atoms with Crippen LogP contribution >= 0.6 is 12.4 Å².